The molecule has 0 radical (unpaired) electrons. The highest BCUT2D eigenvalue weighted by atomic mass is 16.4. The van der Waals surface area contributed by atoms with E-state index in [2.05, 4.69) is 19.2 Å². The van der Waals surface area contributed by atoms with E-state index >= 15 is 0 Å². The van der Waals surface area contributed by atoms with Gasteiger partial charge in [-0.3, -0.25) is 9.59 Å². The van der Waals surface area contributed by atoms with Crippen LogP contribution in [-0.2, 0) is 9.59 Å². The van der Waals surface area contributed by atoms with Gasteiger partial charge in [-0.1, -0.05) is 45.3 Å². The Morgan fingerprint density at radius 3 is 2.35 bits per heavy atom. The number of aliphatic carboxylic acids is 1. The van der Waals surface area contributed by atoms with E-state index < -0.39 is 17.8 Å². The normalized spacial score (nSPS) is 23.3. The maximum absolute atomic E-state index is 12.4. The molecule has 1 unspecified atom stereocenters. The molecular weight excluding hydrogens is 254 g/mol. The number of hydrogen-bond acceptors (Lipinski definition) is 2. The largest absolute Gasteiger partial charge is 0.481 e. The summed E-state index contributed by atoms with van der Waals surface area (Å²) >= 11 is 0. The summed E-state index contributed by atoms with van der Waals surface area (Å²) in [5.41, 5.74) is 0. The van der Waals surface area contributed by atoms with Crippen LogP contribution in [0.2, 0.25) is 0 Å². The lowest BCUT2D eigenvalue weighted by atomic mass is 9.82. The highest BCUT2D eigenvalue weighted by molar-refractivity contribution is 5.85. The molecule has 0 bridgehead atoms. The van der Waals surface area contributed by atoms with Crippen molar-refractivity contribution in [3.63, 3.8) is 0 Å². The van der Waals surface area contributed by atoms with Crippen LogP contribution in [0, 0.1) is 11.8 Å². The fraction of sp³-hybridized carbons (Fsp3) is 0.750. The van der Waals surface area contributed by atoms with Gasteiger partial charge in [-0.05, 0) is 25.7 Å². The molecule has 0 heterocycles. The first-order valence-corrected chi connectivity index (χ1v) is 7.78. The smallest absolute Gasteiger partial charge is 0.307 e. The zero-order valence-electron chi connectivity index (χ0n) is 12.6. The monoisotopic (exact) mass is 281 g/mol. The zero-order chi connectivity index (χ0) is 15.0. The number of carboxylic acids is 1. The Labute approximate surface area is 121 Å². The Bertz CT molecular complexity index is 352. The third kappa shape index (κ3) is 4.99. The topological polar surface area (TPSA) is 66.4 Å². The Hall–Kier alpha value is -1.32. The minimum Gasteiger partial charge on any atom is -0.481 e. The molecule has 0 aromatic rings. The molecule has 4 nitrogen and oxygen atoms in total. The molecule has 0 saturated heterocycles. The molecule has 114 valence electrons. The van der Waals surface area contributed by atoms with E-state index in [4.69, 9.17) is 0 Å². The van der Waals surface area contributed by atoms with Gasteiger partial charge in [0.2, 0.25) is 5.91 Å². The molecule has 0 aromatic carbocycles. The van der Waals surface area contributed by atoms with Gasteiger partial charge in [0.25, 0.3) is 0 Å². The van der Waals surface area contributed by atoms with Gasteiger partial charge in [0.15, 0.2) is 0 Å². The van der Waals surface area contributed by atoms with E-state index in [1.165, 1.54) is 0 Å². The van der Waals surface area contributed by atoms with Crippen molar-refractivity contribution >= 4 is 11.9 Å². The van der Waals surface area contributed by atoms with Crippen molar-refractivity contribution in [2.75, 3.05) is 0 Å². The second-order valence-electron chi connectivity index (χ2n) is 5.63. The van der Waals surface area contributed by atoms with Crippen LogP contribution in [-0.4, -0.2) is 23.0 Å². The number of carboxylic acid groups (broad SMARTS) is 1. The highest BCUT2D eigenvalue weighted by Gasteiger charge is 2.34. The average Bonchev–Trinajstić information content (AvgIpc) is 2.44. The molecule has 20 heavy (non-hydrogen) atoms. The molecule has 1 rings (SSSR count). The van der Waals surface area contributed by atoms with Gasteiger partial charge < -0.3 is 10.4 Å². The van der Waals surface area contributed by atoms with Crippen molar-refractivity contribution in [2.45, 2.75) is 64.8 Å². The predicted octanol–water partition coefficient (Wildman–Crippen LogP) is 3.13. The van der Waals surface area contributed by atoms with E-state index in [0.29, 0.717) is 12.8 Å². The summed E-state index contributed by atoms with van der Waals surface area (Å²) in [4.78, 5) is 23.6. The van der Waals surface area contributed by atoms with Crippen LogP contribution in [0.5, 0.6) is 0 Å². The maximum Gasteiger partial charge on any atom is 0.307 e. The summed E-state index contributed by atoms with van der Waals surface area (Å²) < 4.78 is 0. The van der Waals surface area contributed by atoms with Crippen LogP contribution in [0.3, 0.4) is 0 Å². The van der Waals surface area contributed by atoms with Gasteiger partial charge >= 0.3 is 5.97 Å². The molecule has 2 N–H and O–H groups in total. The van der Waals surface area contributed by atoms with Gasteiger partial charge in [0, 0.05) is 6.04 Å². The summed E-state index contributed by atoms with van der Waals surface area (Å²) in [7, 11) is 0. The van der Waals surface area contributed by atoms with Crippen molar-refractivity contribution in [3.05, 3.63) is 12.2 Å². The minimum absolute atomic E-state index is 0.0868. The SMILES string of the molecule is CCCCC(CCC)NC(=O)[C@@H]1CC=CC[C@@H]1C(=O)O. The first-order valence-electron chi connectivity index (χ1n) is 7.78. The van der Waals surface area contributed by atoms with Crippen molar-refractivity contribution in [3.8, 4) is 0 Å². The first kappa shape index (κ1) is 16.7. The van der Waals surface area contributed by atoms with Crippen LogP contribution in [0.15, 0.2) is 12.2 Å². The van der Waals surface area contributed by atoms with Gasteiger partial charge in [0.05, 0.1) is 11.8 Å². The fourth-order valence-electron chi connectivity index (χ4n) is 2.77. The van der Waals surface area contributed by atoms with Gasteiger partial charge in [-0.15, -0.1) is 0 Å². The standard InChI is InChI=1S/C16H27NO3/c1-3-5-9-12(8-4-2)17-15(18)13-10-6-7-11-14(13)16(19)20/h6-7,12-14H,3-5,8-11H2,1-2H3,(H,17,18)(H,19,20)/t12?,13-,14+/m1/s1. The van der Waals surface area contributed by atoms with E-state index in [1.807, 2.05) is 12.2 Å². The number of amides is 1. The molecule has 0 aliphatic heterocycles. The number of allylic oxidation sites excluding steroid dienone is 2. The Balaban J connectivity index is 2.61. The summed E-state index contributed by atoms with van der Waals surface area (Å²) in [6.45, 7) is 4.24. The van der Waals surface area contributed by atoms with Crippen LogP contribution in [0.1, 0.15) is 58.8 Å². The first-order chi connectivity index (χ1) is 9.60. The van der Waals surface area contributed by atoms with Crippen molar-refractivity contribution in [1.82, 2.24) is 5.32 Å². The van der Waals surface area contributed by atoms with Crippen LogP contribution < -0.4 is 5.32 Å². The lowest BCUT2D eigenvalue weighted by Gasteiger charge is -2.27. The molecule has 0 aromatic heterocycles. The molecule has 3 atom stereocenters. The Morgan fingerprint density at radius 2 is 1.80 bits per heavy atom. The van der Waals surface area contributed by atoms with Crippen LogP contribution in [0.25, 0.3) is 0 Å². The number of carbonyl (C=O) groups is 2. The summed E-state index contributed by atoms with van der Waals surface area (Å²) in [6, 6.07) is 0.188. The fourth-order valence-corrected chi connectivity index (χ4v) is 2.77. The Morgan fingerprint density at radius 1 is 1.15 bits per heavy atom. The highest BCUT2D eigenvalue weighted by Crippen LogP contribution is 2.26. The van der Waals surface area contributed by atoms with Crippen molar-refractivity contribution in [2.24, 2.45) is 11.8 Å². The molecule has 0 spiro atoms. The number of carbonyl (C=O) groups excluding carboxylic acids is 1. The van der Waals surface area contributed by atoms with Gasteiger partial charge in [-0.2, -0.15) is 0 Å². The molecular formula is C16H27NO3. The third-order valence-corrected chi connectivity index (χ3v) is 3.98. The van der Waals surface area contributed by atoms with Gasteiger partial charge in [-0.25, -0.2) is 0 Å². The van der Waals surface area contributed by atoms with E-state index in [1.54, 1.807) is 0 Å². The van der Waals surface area contributed by atoms with E-state index in [0.717, 1.165) is 32.1 Å². The van der Waals surface area contributed by atoms with E-state index in [9.17, 15) is 14.7 Å². The second kappa shape index (κ2) is 8.77. The average molecular weight is 281 g/mol. The lowest BCUT2D eigenvalue weighted by molar-refractivity contribution is -0.147. The van der Waals surface area contributed by atoms with Crippen molar-refractivity contribution < 1.29 is 14.7 Å². The maximum atomic E-state index is 12.4. The predicted molar refractivity (Wildman–Crippen MR) is 79.4 cm³/mol. The number of rotatable bonds is 8. The van der Waals surface area contributed by atoms with Gasteiger partial charge in [0.1, 0.15) is 0 Å². The molecule has 1 amide bonds. The second-order valence-corrected chi connectivity index (χ2v) is 5.63. The number of unbranched alkanes of at least 4 members (excludes halogenated alkanes) is 1. The van der Waals surface area contributed by atoms with Crippen molar-refractivity contribution in [1.29, 1.82) is 0 Å². The zero-order valence-corrected chi connectivity index (χ0v) is 12.6. The molecule has 0 saturated carbocycles. The van der Waals surface area contributed by atoms with Crippen LogP contribution >= 0.6 is 0 Å². The number of nitrogens with one attached hydrogen (secondary N) is 1. The molecule has 1 aliphatic rings. The molecule has 0 fully saturated rings. The van der Waals surface area contributed by atoms with Crippen LogP contribution in [0.4, 0.5) is 0 Å². The summed E-state index contributed by atoms with van der Waals surface area (Å²) in [5.74, 6) is -1.95. The summed E-state index contributed by atoms with van der Waals surface area (Å²) in [6.07, 6.45) is 9.96. The lowest BCUT2D eigenvalue weighted by Crippen LogP contribution is -2.43. The summed E-state index contributed by atoms with van der Waals surface area (Å²) in [5, 5.41) is 12.3. The third-order valence-electron chi connectivity index (χ3n) is 3.98. The molecule has 1 aliphatic carbocycles. The quantitative estimate of drug-likeness (QED) is 0.672. The minimum atomic E-state index is -0.866. The van der Waals surface area contributed by atoms with E-state index in [-0.39, 0.29) is 11.9 Å². The molecule has 4 heteroatoms. The Kier molecular flexibility index (Phi) is 7.34. The number of hydrogen-bond donors (Lipinski definition) is 2.